The number of para-hydroxylation sites is 2. The quantitative estimate of drug-likeness (QED) is 0.647. The number of carbonyl (C=O) groups excluding carboxylic acids is 1. The smallest absolute Gasteiger partial charge is 0.144 e. The number of aromatic nitrogens is 1. The van der Waals surface area contributed by atoms with Gasteiger partial charge in [-0.1, -0.05) is 48.0 Å². The number of Topliss-reactive ketones (excluding diaryl/α,β-unsaturated/α-hetero) is 1. The summed E-state index contributed by atoms with van der Waals surface area (Å²) in [6.07, 6.45) is 4.95. The number of hydrogen-bond acceptors (Lipinski definition) is 4. The zero-order valence-corrected chi connectivity index (χ0v) is 16.4. The molecule has 3 aromatic rings. The van der Waals surface area contributed by atoms with E-state index in [4.69, 9.17) is 4.99 Å². The second kappa shape index (κ2) is 7.28. The lowest BCUT2D eigenvalue weighted by Crippen LogP contribution is -2.38. The summed E-state index contributed by atoms with van der Waals surface area (Å²) in [5.41, 5.74) is 6.30. The molecule has 0 bridgehead atoms. The highest BCUT2D eigenvalue weighted by Gasteiger charge is 2.41. The van der Waals surface area contributed by atoms with Crippen molar-refractivity contribution >= 4 is 22.9 Å². The van der Waals surface area contributed by atoms with Crippen molar-refractivity contribution in [2.24, 2.45) is 10.9 Å². The maximum absolute atomic E-state index is 13.4. The number of rotatable bonds is 2. The molecular weight excluding hydrogens is 358 g/mol. The number of aliphatic imine (C=N–C) groups is 1. The van der Waals surface area contributed by atoms with E-state index in [2.05, 4.69) is 41.5 Å². The van der Waals surface area contributed by atoms with E-state index < -0.39 is 0 Å². The third-order valence-corrected chi connectivity index (χ3v) is 6.01. The normalized spacial score (nSPS) is 23.3. The Morgan fingerprint density at radius 2 is 1.76 bits per heavy atom. The van der Waals surface area contributed by atoms with Crippen molar-refractivity contribution in [3.63, 3.8) is 0 Å². The molecule has 5 rings (SSSR count). The van der Waals surface area contributed by atoms with Crippen LogP contribution in [0.25, 0.3) is 0 Å². The highest BCUT2D eigenvalue weighted by Crippen LogP contribution is 2.43. The predicted octanol–water partition coefficient (Wildman–Crippen LogP) is 5.39. The van der Waals surface area contributed by atoms with Crippen molar-refractivity contribution in [2.75, 3.05) is 5.32 Å². The fourth-order valence-corrected chi connectivity index (χ4v) is 4.51. The Kier molecular flexibility index (Phi) is 4.47. The van der Waals surface area contributed by atoms with Crippen LogP contribution in [-0.2, 0) is 4.79 Å². The maximum Gasteiger partial charge on any atom is 0.144 e. The Balaban J connectivity index is 1.58. The molecule has 29 heavy (non-hydrogen) atoms. The SMILES string of the molecule is Cc1ccc([C@@H]2CC(=O)C3C(=Nc4ccccc4N[C@H]3c3cccnc3)C2)cc1. The molecule has 0 amide bonds. The van der Waals surface area contributed by atoms with Gasteiger partial charge in [0, 0.05) is 24.5 Å². The summed E-state index contributed by atoms with van der Waals surface area (Å²) in [5.74, 6) is 0.154. The van der Waals surface area contributed by atoms with Crippen molar-refractivity contribution in [3.8, 4) is 0 Å². The molecule has 2 aromatic carbocycles. The Morgan fingerprint density at radius 3 is 2.55 bits per heavy atom. The predicted molar refractivity (Wildman–Crippen MR) is 116 cm³/mol. The molecule has 4 nitrogen and oxygen atoms in total. The van der Waals surface area contributed by atoms with E-state index in [0.717, 1.165) is 29.1 Å². The van der Waals surface area contributed by atoms with Gasteiger partial charge in [0.15, 0.2) is 0 Å². The number of nitrogens with zero attached hydrogens (tertiary/aromatic N) is 2. The minimum absolute atomic E-state index is 0.155. The molecule has 3 atom stereocenters. The van der Waals surface area contributed by atoms with Gasteiger partial charge < -0.3 is 5.32 Å². The first kappa shape index (κ1) is 17.8. The molecule has 4 heteroatoms. The highest BCUT2D eigenvalue weighted by atomic mass is 16.1. The van der Waals surface area contributed by atoms with Gasteiger partial charge in [-0.25, -0.2) is 0 Å². The van der Waals surface area contributed by atoms with Crippen LogP contribution in [0.2, 0.25) is 0 Å². The summed E-state index contributed by atoms with van der Waals surface area (Å²) >= 11 is 0. The Bertz CT molecular complexity index is 1070. The topological polar surface area (TPSA) is 54.4 Å². The van der Waals surface area contributed by atoms with E-state index in [9.17, 15) is 4.79 Å². The largest absolute Gasteiger partial charge is 0.375 e. The number of nitrogens with one attached hydrogen (secondary N) is 1. The van der Waals surface area contributed by atoms with Gasteiger partial charge in [-0.3, -0.25) is 14.8 Å². The summed E-state index contributed by atoms with van der Waals surface area (Å²) in [6, 6.07) is 20.4. The molecule has 1 aliphatic carbocycles. The Hall–Kier alpha value is -3.27. The second-order valence-electron chi connectivity index (χ2n) is 7.99. The lowest BCUT2D eigenvalue weighted by molar-refractivity contribution is -0.122. The van der Waals surface area contributed by atoms with Gasteiger partial charge in [0.25, 0.3) is 0 Å². The first-order chi connectivity index (χ1) is 14.2. The number of aryl methyl sites for hydroxylation is 1. The molecule has 1 aliphatic heterocycles. The van der Waals surface area contributed by atoms with Crippen LogP contribution in [-0.4, -0.2) is 16.5 Å². The maximum atomic E-state index is 13.4. The summed E-state index contributed by atoms with van der Waals surface area (Å²) < 4.78 is 0. The number of anilines is 1. The first-order valence-electron chi connectivity index (χ1n) is 10.1. The average Bonchev–Trinajstić information content (AvgIpc) is 2.92. The molecule has 2 aliphatic rings. The molecule has 2 heterocycles. The van der Waals surface area contributed by atoms with Crippen molar-refractivity contribution < 1.29 is 4.79 Å². The second-order valence-corrected chi connectivity index (χ2v) is 7.99. The number of fused-ring (bicyclic) bond motifs is 2. The highest BCUT2D eigenvalue weighted by molar-refractivity contribution is 6.10. The molecule has 0 spiro atoms. The van der Waals surface area contributed by atoms with E-state index in [-0.39, 0.29) is 23.7 Å². The van der Waals surface area contributed by atoms with Crippen molar-refractivity contribution in [1.29, 1.82) is 0 Å². The van der Waals surface area contributed by atoms with Gasteiger partial charge in [-0.15, -0.1) is 0 Å². The Morgan fingerprint density at radius 1 is 0.931 bits per heavy atom. The van der Waals surface area contributed by atoms with Crippen LogP contribution in [0.5, 0.6) is 0 Å². The van der Waals surface area contributed by atoms with E-state index in [1.807, 2.05) is 42.6 Å². The standard InChI is InChI=1S/C25H23N3O/c1-16-8-10-17(11-9-16)19-13-22-24(23(29)14-19)25(18-5-4-12-26-15-18)28-21-7-3-2-6-20(21)27-22/h2-12,15,19,24-25,28H,13-14H2,1H3/t19-,24?,25-/m0/s1. The fourth-order valence-electron chi connectivity index (χ4n) is 4.51. The summed E-state index contributed by atoms with van der Waals surface area (Å²) in [5, 5.41) is 3.59. The monoisotopic (exact) mass is 381 g/mol. The van der Waals surface area contributed by atoms with Crippen LogP contribution in [0, 0.1) is 12.8 Å². The molecule has 0 saturated heterocycles. The van der Waals surface area contributed by atoms with Gasteiger partial charge in [-0.05, 0) is 48.6 Å². The lowest BCUT2D eigenvalue weighted by atomic mass is 9.72. The Labute approximate surface area is 170 Å². The molecule has 0 radical (unpaired) electrons. The molecule has 1 fully saturated rings. The van der Waals surface area contributed by atoms with E-state index in [1.165, 1.54) is 11.1 Å². The minimum atomic E-state index is -0.270. The number of hydrogen-bond donors (Lipinski definition) is 1. The summed E-state index contributed by atoms with van der Waals surface area (Å²) in [7, 11) is 0. The van der Waals surface area contributed by atoms with Crippen LogP contribution in [0.3, 0.4) is 0 Å². The number of ketones is 1. The molecular formula is C25H23N3O. The third-order valence-electron chi connectivity index (χ3n) is 6.01. The minimum Gasteiger partial charge on any atom is -0.375 e. The zero-order valence-electron chi connectivity index (χ0n) is 16.4. The first-order valence-corrected chi connectivity index (χ1v) is 10.1. The van der Waals surface area contributed by atoms with Gasteiger partial charge in [0.1, 0.15) is 5.78 Å². The summed E-state index contributed by atoms with van der Waals surface area (Å²) in [6.45, 7) is 2.09. The average molecular weight is 381 g/mol. The van der Waals surface area contributed by atoms with E-state index >= 15 is 0 Å². The molecule has 1 N–H and O–H groups in total. The van der Waals surface area contributed by atoms with Crippen molar-refractivity contribution in [2.45, 2.75) is 31.7 Å². The van der Waals surface area contributed by atoms with Crippen LogP contribution in [0.1, 0.15) is 41.5 Å². The van der Waals surface area contributed by atoms with Crippen LogP contribution < -0.4 is 5.32 Å². The molecule has 144 valence electrons. The number of benzene rings is 2. The molecule has 1 saturated carbocycles. The van der Waals surface area contributed by atoms with E-state index in [0.29, 0.717) is 6.42 Å². The van der Waals surface area contributed by atoms with Gasteiger partial charge in [0.2, 0.25) is 0 Å². The van der Waals surface area contributed by atoms with Crippen LogP contribution in [0.4, 0.5) is 11.4 Å². The van der Waals surface area contributed by atoms with Gasteiger partial charge >= 0.3 is 0 Å². The third kappa shape index (κ3) is 3.35. The molecule has 1 unspecified atom stereocenters. The lowest BCUT2D eigenvalue weighted by Gasteiger charge is -2.33. The van der Waals surface area contributed by atoms with Crippen molar-refractivity contribution in [3.05, 3.63) is 89.7 Å². The number of carbonyl (C=O) groups is 1. The summed E-state index contributed by atoms with van der Waals surface area (Å²) in [4.78, 5) is 22.7. The van der Waals surface area contributed by atoms with Gasteiger partial charge in [0.05, 0.1) is 23.3 Å². The van der Waals surface area contributed by atoms with E-state index in [1.54, 1.807) is 6.20 Å². The van der Waals surface area contributed by atoms with Crippen LogP contribution >= 0.6 is 0 Å². The van der Waals surface area contributed by atoms with Gasteiger partial charge in [-0.2, -0.15) is 0 Å². The van der Waals surface area contributed by atoms with Crippen molar-refractivity contribution in [1.82, 2.24) is 4.98 Å². The van der Waals surface area contributed by atoms with Crippen LogP contribution in [0.15, 0.2) is 78.0 Å². The number of pyridine rings is 1. The zero-order chi connectivity index (χ0) is 19.8. The molecule has 1 aromatic heterocycles. The fraction of sp³-hybridized carbons (Fsp3) is 0.240.